The molecule has 0 aromatic rings. The van der Waals surface area contributed by atoms with Crippen molar-refractivity contribution in [2.75, 3.05) is 39.5 Å². The van der Waals surface area contributed by atoms with E-state index >= 15 is 0 Å². The Labute approximate surface area is 277 Å². The van der Waals surface area contributed by atoms with Gasteiger partial charge in [-0.1, -0.05) is 154 Å². The molecule has 0 aromatic heterocycles. The first-order valence-electron chi connectivity index (χ1n) is 19.6. The van der Waals surface area contributed by atoms with Crippen molar-refractivity contribution in [1.82, 2.24) is 5.32 Å². The molecule has 0 heterocycles. The van der Waals surface area contributed by atoms with E-state index in [0.717, 1.165) is 13.2 Å². The van der Waals surface area contributed by atoms with Crippen LogP contribution >= 0.6 is 0 Å². The van der Waals surface area contributed by atoms with Crippen LogP contribution in [0.3, 0.4) is 0 Å². The van der Waals surface area contributed by atoms with E-state index < -0.39 is 0 Å². The molecule has 0 saturated carbocycles. The van der Waals surface area contributed by atoms with Crippen LogP contribution in [0.4, 0.5) is 0 Å². The van der Waals surface area contributed by atoms with E-state index in [9.17, 15) is 0 Å². The molecule has 3 N–H and O–H groups in total. The maximum Gasteiger partial charge on any atom is 0.0555 e. The van der Waals surface area contributed by atoms with Gasteiger partial charge in [-0.2, -0.15) is 0 Å². The zero-order valence-electron chi connectivity index (χ0n) is 30.2. The van der Waals surface area contributed by atoms with Crippen LogP contribution < -0.4 is 5.32 Å². The first-order valence-corrected chi connectivity index (χ1v) is 19.6. The maximum absolute atomic E-state index is 8.15. The molecule has 0 bridgehead atoms. The SMILES string of the molecule is CCCCCCCC/C=C\CCCCCCCCOCCCCCCCC/C=C\CCCCCCCC.OCCNCCO. The highest BCUT2D eigenvalue weighted by Gasteiger charge is 1.95. The molecule has 264 valence electrons. The number of unbranched alkanes of at least 4 members (excludes halogenated alkanes) is 24. The summed E-state index contributed by atoms with van der Waals surface area (Å²) in [6.45, 7) is 7.96. The normalized spacial score (nSPS) is 11.5. The predicted molar refractivity (Wildman–Crippen MR) is 197 cm³/mol. The maximum atomic E-state index is 8.15. The molecule has 0 aliphatic heterocycles. The van der Waals surface area contributed by atoms with Crippen LogP contribution in [0.1, 0.15) is 194 Å². The van der Waals surface area contributed by atoms with Gasteiger partial charge in [0.15, 0.2) is 0 Å². The van der Waals surface area contributed by atoms with Gasteiger partial charge < -0.3 is 20.3 Å². The van der Waals surface area contributed by atoms with Crippen molar-refractivity contribution >= 4 is 0 Å². The third-order valence-electron chi connectivity index (χ3n) is 8.18. The Morgan fingerprint density at radius 1 is 0.386 bits per heavy atom. The zero-order chi connectivity index (χ0) is 32.3. The summed E-state index contributed by atoms with van der Waals surface area (Å²) in [5, 5.41) is 19.1. The van der Waals surface area contributed by atoms with Gasteiger partial charge in [0.1, 0.15) is 0 Å². The van der Waals surface area contributed by atoms with Crippen molar-refractivity contribution in [3.05, 3.63) is 24.3 Å². The number of ether oxygens (including phenoxy) is 1. The summed E-state index contributed by atoms with van der Waals surface area (Å²) in [5.41, 5.74) is 0. The summed E-state index contributed by atoms with van der Waals surface area (Å²) in [4.78, 5) is 0. The lowest BCUT2D eigenvalue weighted by Crippen LogP contribution is -2.21. The Hall–Kier alpha value is -0.680. The number of nitrogens with one attached hydrogen (secondary N) is 1. The van der Waals surface area contributed by atoms with E-state index in [2.05, 4.69) is 43.5 Å². The summed E-state index contributed by atoms with van der Waals surface area (Å²) in [6.07, 6.45) is 48.1. The molecule has 0 amide bonds. The highest BCUT2D eigenvalue weighted by molar-refractivity contribution is 4.82. The lowest BCUT2D eigenvalue weighted by atomic mass is 10.1. The van der Waals surface area contributed by atoms with E-state index in [1.807, 2.05) is 0 Å². The molecule has 4 heteroatoms. The van der Waals surface area contributed by atoms with Gasteiger partial charge in [0.2, 0.25) is 0 Å². The Morgan fingerprint density at radius 3 is 0.955 bits per heavy atom. The van der Waals surface area contributed by atoms with Crippen LogP contribution in [0.25, 0.3) is 0 Å². The first-order chi connectivity index (χ1) is 21.8. The molecule has 0 aliphatic carbocycles. The highest BCUT2D eigenvalue weighted by atomic mass is 16.5. The molecule has 0 aromatic carbocycles. The van der Waals surface area contributed by atoms with Crippen molar-refractivity contribution < 1.29 is 14.9 Å². The van der Waals surface area contributed by atoms with E-state index in [4.69, 9.17) is 14.9 Å². The second kappa shape index (κ2) is 46.7. The minimum atomic E-state index is 0.139. The van der Waals surface area contributed by atoms with Crippen molar-refractivity contribution in [2.24, 2.45) is 0 Å². The predicted octanol–water partition coefficient (Wildman–Crippen LogP) is 11.6. The second-order valence-electron chi connectivity index (χ2n) is 12.7. The molecule has 4 nitrogen and oxygen atoms in total. The van der Waals surface area contributed by atoms with Crippen LogP contribution in [0.5, 0.6) is 0 Å². The second-order valence-corrected chi connectivity index (χ2v) is 12.7. The number of hydrogen-bond acceptors (Lipinski definition) is 4. The van der Waals surface area contributed by atoms with Crippen LogP contribution in [-0.2, 0) is 4.74 Å². The van der Waals surface area contributed by atoms with Gasteiger partial charge in [0.25, 0.3) is 0 Å². The smallest absolute Gasteiger partial charge is 0.0555 e. The summed E-state index contributed by atoms with van der Waals surface area (Å²) in [5.74, 6) is 0. The monoisotopic (exact) mass is 624 g/mol. The molecule has 0 atom stereocenters. The average Bonchev–Trinajstić information content (AvgIpc) is 3.04. The number of hydrogen-bond donors (Lipinski definition) is 3. The lowest BCUT2D eigenvalue weighted by Gasteiger charge is -2.05. The topological polar surface area (TPSA) is 61.7 Å². The van der Waals surface area contributed by atoms with Crippen molar-refractivity contribution in [3.63, 3.8) is 0 Å². The van der Waals surface area contributed by atoms with Gasteiger partial charge in [0, 0.05) is 26.3 Å². The summed E-state index contributed by atoms with van der Waals surface area (Å²) in [6, 6.07) is 0. The first kappa shape index (κ1) is 45.4. The molecular weight excluding hydrogens is 542 g/mol. The van der Waals surface area contributed by atoms with Crippen LogP contribution in [0.2, 0.25) is 0 Å². The highest BCUT2D eigenvalue weighted by Crippen LogP contribution is 2.12. The van der Waals surface area contributed by atoms with E-state index in [-0.39, 0.29) is 13.2 Å². The van der Waals surface area contributed by atoms with E-state index in [0.29, 0.717) is 13.1 Å². The van der Waals surface area contributed by atoms with Crippen molar-refractivity contribution in [3.8, 4) is 0 Å². The van der Waals surface area contributed by atoms with Gasteiger partial charge in [0.05, 0.1) is 13.2 Å². The molecular formula is C40H81NO3. The number of rotatable bonds is 36. The Morgan fingerprint density at radius 2 is 0.659 bits per heavy atom. The zero-order valence-corrected chi connectivity index (χ0v) is 30.2. The fourth-order valence-corrected chi connectivity index (χ4v) is 5.29. The Balaban J connectivity index is 0. The summed E-state index contributed by atoms with van der Waals surface area (Å²) < 4.78 is 5.85. The van der Waals surface area contributed by atoms with Crippen molar-refractivity contribution in [2.45, 2.75) is 194 Å². The van der Waals surface area contributed by atoms with E-state index in [1.165, 1.54) is 180 Å². The third-order valence-corrected chi connectivity index (χ3v) is 8.18. The number of allylic oxidation sites excluding steroid dienone is 4. The summed E-state index contributed by atoms with van der Waals surface area (Å²) in [7, 11) is 0. The molecule has 44 heavy (non-hydrogen) atoms. The third kappa shape index (κ3) is 48.2. The summed E-state index contributed by atoms with van der Waals surface area (Å²) >= 11 is 0. The molecule has 0 rings (SSSR count). The van der Waals surface area contributed by atoms with Gasteiger partial charge in [-0.3, -0.25) is 0 Å². The van der Waals surface area contributed by atoms with Gasteiger partial charge >= 0.3 is 0 Å². The van der Waals surface area contributed by atoms with Crippen LogP contribution in [-0.4, -0.2) is 49.7 Å². The Kier molecular flexibility index (Phi) is 48.3. The van der Waals surface area contributed by atoms with Crippen LogP contribution in [0.15, 0.2) is 24.3 Å². The standard InChI is InChI=1S/C36H70O.C4H11NO2/c1-3-5-7-9-11-13-15-17-19-21-23-25-27-29-31-33-35-37-36-34-32-30-28-26-24-22-20-18-16-14-12-10-8-6-4-2;6-3-1-5-2-4-7/h17-20H,3-16,21-36H2,1-2H3;5-7H,1-4H2/b19-17-,20-18-;. The minimum Gasteiger partial charge on any atom is -0.395 e. The lowest BCUT2D eigenvalue weighted by molar-refractivity contribution is 0.125. The van der Waals surface area contributed by atoms with Crippen LogP contribution in [0, 0.1) is 0 Å². The molecule has 0 saturated heterocycles. The number of aliphatic hydroxyl groups excluding tert-OH is 2. The van der Waals surface area contributed by atoms with Gasteiger partial charge in [-0.25, -0.2) is 0 Å². The molecule has 0 spiro atoms. The van der Waals surface area contributed by atoms with Crippen molar-refractivity contribution in [1.29, 1.82) is 0 Å². The fourth-order valence-electron chi connectivity index (χ4n) is 5.29. The average molecular weight is 624 g/mol. The molecule has 0 aliphatic rings. The largest absolute Gasteiger partial charge is 0.395 e. The van der Waals surface area contributed by atoms with E-state index in [1.54, 1.807) is 0 Å². The quantitative estimate of drug-likeness (QED) is 0.0480. The molecule has 0 fully saturated rings. The minimum absolute atomic E-state index is 0.139. The Bertz CT molecular complexity index is 479. The molecule has 0 unspecified atom stereocenters. The van der Waals surface area contributed by atoms with Gasteiger partial charge in [-0.05, 0) is 64.2 Å². The fraction of sp³-hybridized carbons (Fsp3) is 0.900. The van der Waals surface area contributed by atoms with Gasteiger partial charge in [-0.15, -0.1) is 0 Å². The molecule has 0 radical (unpaired) electrons. The number of aliphatic hydroxyl groups is 2.